The topological polar surface area (TPSA) is 110 Å². The van der Waals surface area contributed by atoms with Gasteiger partial charge in [0.15, 0.2) is 17.3 Å². The van der Waals surface area contributed by atoms with Gasteiger partial charge in [0.05, 0.1) is 23.9 Å². The van der Waals surface area contributed by atoms with Crippen molar-refractivity contribution in [1.29, 1.82) is 0 Å². The minimum atomic E-state index is -0.488. The monoisotopic (exact) mass is 580 g/mol. The zero-order valence-corrected chi connectivity index (χ0v) is 24.4. The van der Waals surface area contributed by atoms with Crippen molar-refractivity contribution in [1.82, 2.24) is 24.4 Å². The second-order valence-corrected chi connectivity index (χ2v) is 11.0. The van der Waals surface area contributed by atoms with Crippen LogP contribution in [0.3, 0.4) is 0 Å². The Kier molecular flexibility index (Phi) is 7.47. The number of pyridine rings is 2. The number of hydrogen-bond donors (Lipinski definition) is 1. The molecule has 1 aromatic carbocycles. The van der Waals surface area contributed by atoms with E-state index in [4.69, 9.17) is 9.72 Å². The predicted octanol–water partition coefficient (Wildman–Crippen LogP) is 5.70. The summed E-state index contributed by atoms with van der Waals surface area (Å²) in [6.07, 6.45) is 7.61. The Morgan fingerprint density at radius 2 is 2.07 bits per heavy atom. The first-order valence-electron chi connectivity index (χ1n) is 14.2. The van der Waals surface area contributed by atoms with Crippen molar-refractivity contribution in [2.24, 2.45) is 23.0 Å². The molecule has 5 heterocycles. The molecule has 1 amide bonds. The molecule has 2 aliphatic heterocycles. The molecule has 2 bridgehead atoms. The van der Waals surface area contributed by atoms with Crippen LogP contribution in [-0.2, 0) is 11.8 Å². The lowest BCUT2D eigenvalue weighted by Crippen LogP contribution is -2.54. The molecule has 2 saturated heterocycles. The summed E-state index contributed by atoms with van der Waals surface area (Å²) in [5.41, 5.74) is 3.77. The van der Waals surface area contributed by atoms with E-state index < -0.39 is 5.82 Å². The number of aryl methyl sites for hydroxylation is 1. The number of amidine groups is 1. The number of carbonyl (C=O) groups is 1. The summed E-state index contributed by atoms with van der Waals surface area (Å²) in [6, 6.07) is 8.90. The first-order chi connectivity index (χ1) is 20.8. The van der Waals surface area contributed by atoms with Crippen molar-refractivity contribution < 1.29 is 13.9 Å². The Hall–Kier alpha value is -4.93. The molecule has 43 heavy (non-hydrogen) atoms. The van der Waals surface area contributed by atoms with Crippen LogP contribution in [0.25, 0.3) is 11.2 Å². The lowest BCUT2D eigenvalue weighted by atomic mass is 9.71. The zero-order valence-electron chi connectivity index (χ0n) is 24.4. The highest BCUT2D eigenvalue weighted by Crippen LogP contribution is 2.44. The summed E-state index contributed by atoms with van der Waals surface area (Å²) in [4.78, 5) is 36.7. The number of imidazole rings is 1. The molecule has 7 rings (SSSR count). The molecule has 0 radical (unpaired) electrons. The summed E-state index contributed by atoms with van der Waals surface area (Å²) in [7, 11) is 3.47. The summed E-state index contributed by atoms with van der Waals surface area (Å²) in [5.74, 6) is 1.11. The molecular formula is C32H33FN8O2. The molecule has 3 aliphatic rings. The van der Waals surface area contributed by atoms with E-state index in [1.54, 1.807) is 44.7 Å². The molecule has 1 saturated carbocycles. The van der Waals surface area contributed by atoms with Crippen molar-refractivity contribution >= 4 is 41.0 Å². The van der Waals surface area contributed by atoms with Gasteiger partial charge in [0.2, 0.25) is 5.91 Å². The number of amides is 1. The number of benzene rings is 1. The van der Waals surface area contributed by atoms with Crippen molar-refractivity contribution in [2.75, 3.05) is 18.9 Å². The summed E-state index contributed by atoms with van der Waals surface area (Å²) < 4.78 is 23.5. The molecule has 3 atom stereocenters. The van der Waals surface area contributed by atoms with Crippen molar-refractivity contribution in [3.63, 3.8) is 0 Å². The lowest BCUT2D eigenvalue weighted by molar-refractivity contribution is -0.134. The average molecular weight is 581 g/mol. The van der Waals surface area contributed by atoms with Gasteiger partial charge in [-0.15, -0.1) is 0 Å². The first-order valence-corrected chi connectivity index (χ1v) is 14.2. The van der Waals surface area contributed by atoms with Crippen LogP contribution in [0.5, 0.6) is 11.5 Å². The Bertz CT molecular complexity index is 1780. The molecule has 3 fully saturated rings. The Labute approximate surface area is 249 Å². The standard InChI is InChI=1S/C32H33FN8O2/c1-6-28(42)41-16-19-7-11-26(41)21(13-19)22-8-9-24(34-3)30(38-22)31(35-4)39-23-10-12-27(18(2)29(23)33)43-20-14-25-32(36-15-20)40(5)17-37-25/h6,8-10,12,14-15,17,19,21,26H,1,3,7,11,13,16H2,2,4-5H3,(H,35,39)/t19-,21+,26+/m0/s1. The fourth-order valence-corrected chi connectivity index (χ4v) is 6.26. The third-order valence-electron chi connectivity index (χ3n) is 8.47. The van der Waals surface area contributed by atoms with Gasteiger partial charge in [0.1, 0.15) is 22.7 Å². The van der Waals surface area contributed by atoms with E-state index in [1.165, 1.54) is 6.08 Å². The lowest BCUT2D eigenvalue weighted by Gasteiger charge is -2.49. The number of nitrogens with one attached hydrogen (secondary N) is 1. The van der Waals surface area contributed by atoms with E-state index in [9.17, 15) is 4.79 Å². The van der Waals surface area contributed by atoms with Gasteiger partial charge >= 0.3 is 0 Å². The van der Waals surface area contributed by atoms with Crippen molar-refractivity contribution in [3.8, 4) is 11.5 Å². The molecule has 1 N–H and O–H groups in total. The number of piperidine rings is 2. The molecule has 0 spiro atoms. The Morgan fingerprint density at radius 1 is 1.23 bits per heavy atom. The van der Waals surface area contributed by atoms with Gasteiger partial charge in [0.25, 0.3) is 0 Å². The largest absolute Gasteiger partial charge is 0.455 e. The van der Waals surface area contributed by atoms with Gasteiger partial charge in [-0.1, -0.05) is 6.58 Å². The maximum atomic E-state index is 15.7. The zero-order chi connectivity index (χ0) is 30.2. The van der Waals surface area contributed by atoms with Crippen LogP contribution in [0.2, 0.25) is 0 Å². The van der Waals surface area contributed by atoms with E-state index in [2.05, 4.69) is 38.6 Å². The van der Waals surface area contributed by atoms with E-state index >= 15 is 4.39 Å². The first kappa shape index (κ1) is 28.2. The molecule has 220 valence electrons. The van der Waals surface area contributed by atoms with Crippen LogP contribution in [0, 0.1) is 18.7 Å². The number of halogens is 1. The normalized spacial score (nSPS) is 19.9. The average Bonchev–Trinajstić information content (AvgIpc) is 3.41. The molecule has 1 aliphatic carbocycles. The van der Waals surface area contributed by atoms with Crippen LogP contribution < -0.4 is 10.1 Å². The van der Waals surface area contributed by atoms with Crippen molar-refractivity contribution in [2.45, 2.75) is 38.1 Å². The second kappa shape index (κ2) is 11.4. The van der Waals surface area contributed by atoms with E-state index in [-0.39, 0.29) is 23.6 Å². The second-order valence-electron chi connectivity index (χ2n) is 11.0. The quantitative estimate of drug-likeness (QED) is 0.171. The number of rotatable bonds is 7. The third kappa shape index (κ3) is 5.15. The predicted molar refractivity (Wildman–Crippen MR) is 165 cm³/mol. The highest BCUT2D eigenvalue weighted by molar-refractivity contribution is 6.10. The minimum absolute atomic E-state index is 0.0479. The highest BCUT2D eigenvalue weighted by atomic mass is 19.1. The van der Waals surface area contributed by atoms with Crippen LogP contribution in [-0.4, -0.2) is 62.5 Å². The van der Waals surface area contributed by atoms with E-state index in [1.807, 2.05) is 28.6 Å². The number of hydrogen-bond acceptors (Lipinski definition) is 7. The molecule has 0 unspecified atom stereocenters. The van der Waals surface area contributed by atoms with Gasteiger partial charge in [0, 0.05) is 49.9 Å². The van der Waals surface area contributed by atoms with Crippen LogP contribution in [0.1, 0.15) is 42.1 Å². The van der Waals surface area contributed by atoms with E-state index in [0.717, 1.165) is 37.1 Å². The number of nitrogens with zero attached hydrogens (tertiary/aromatic N) is 7. The number of ether oxygens (including phenoxy) is 1. The third-order valence-corrected chi connectivity index (χ3v) is 8.47. The van der Waals surface area contributed by atoms with Crippen molar-refractivity contribution in [3.05, 3.63) is 78.3 Å². The van der Waals surface area contributed by atoms with Gasteiger partial charge in [-0.05, 0) is 69.2 Å². The van der Waals surface area contributed by atoms with Gasteiger partial charge in [-0.2, -0.15) is 0 Å². The van der Waals surface area contributed by atoms with Crippen LogP contribution >= 0.6 is 0 Å². The molecular weight excluding hydrogens is 547 g/mol. The highest BCUT2D eigenvalue weighted by Gasteiger charge is 2.43. The maximum Gasteiger partial charge on any atom is 0.246 e. The molecule has 11 heteroatoms. The number of anilines is 1. The smallest absolute Gasteiger partial charge is 0.246 e. The molecule has 3 aromatic heterocycles. The number of carbonyl (C=O) groups excluding carboxylic acids is 1. The maximum absolute atomic E-state index is 15.7. The summed E-state index contributed by atoms with van der Waals surface area (Å²) in [6.45, 7) is 9.79. The van der Waals surface area contributed by atoms with Gasteiger partial charge < -0.3 is 19.5 Å². The SMILES string of the molecule is C=CC(=O)N1C[C@H]2CC[C@@H]1[C@@H](c1ccc(N=C)c(C(=NC)Nc3ccc(Oc4cnc5c(c4)ncn5C)c(C)c3F)n1)C2. The summed E-state index contributed by atoms with van der Waals surface area (Å²) >= 11 is 0. The molecule has 4 aromatic rings. The van der Waals surface area contributed by atoms with Crippen LogP contribution in [0.15, 0.2) is 65.5 Å². The number of aliphatic imine (C=N–C) groups is 2. The van der Waals surface area contributed by atoms with E-state index in [0.29, 0.717) is 45.7 Å². The Morgan fingerprint density at radius 3 is 2.81 bits per heavy atom. The van der Waals surface area contributed by atoms with Gasteiger partial charge in [-0.3, -0.25) is 14.8 Å². The summed E-state index contributed by atoms with van der Waals surface area (Å²) in [5, 5.41) is 3.11. The fourth-order valence-electron chi connectivity index (χ4n) is 6.26. The molecule has 10 nitrogen and oxygen atoms in total. The van der Waals surface area contributed by atoms with Crippen LogP contribution in [0.4, 0.5) is 15.8 Å². The van der Waals surface area contributed by atoms with Gasteiger partial charge in [-0.25, -0.2) is 19.3 Å². The number of aromatic nitrogens is 4. The number of fused-ring (bicyclic) bond motifs is 4. The minimum Gasteiger partial charge on any atom is -0.455 e. The Balaban J connectivity index is 1.26. The fraction of sp³-hybridized carbons (Fsp3) is 0.312.